The number of phenolic OH excluding ortho intramolecular Hbond substituents is 2. The van der Waals surface area contributed by atoms with Gasteiger partial charge in [0.25, 0.3) is 0 Å². The number of carbonyl (C=O) groups excluding carboxylic acids is 3. The van der Waals surface area contributed by atoms with Crippen LogP contribution in [0.15, 0.2) is 24.3 Å². The molecule has 2 aromatic carbocycles. The third-order valence-electron chi connectivity index (χ3n) is 8.66. The number of carboxylic acid groups (broad SMARTS) is 1. The normalized spacial score (nSPS) is 31.3. The maximum atomic E-state index is 13.6. The van der Waals surface area contributed by atoms with Gasteiger partial charge in [0, 0.05) is 36.0 Å². The molecule has 6 rings (SSSR count). The molecular formula is C31H32O12. The molecule has 2 aromatic rings. The van der Waals surface area contributed by atoms with Gasteiger partial charge in [0.15, 0.2) is 23.6 Å². The minimum absolute atomic E-state index is 0.0838. The second kappa shape index (κ2) is 10.5. The number of hydrogen-bond donors (Lipinski definition) is 4. The number of aliphatic carboxylic acids is 1. The van der Waals surface area contributed by atoms with Crippen molar-refractivity contribution in [3.05, 3.63) is 57.6 Å². The predicted molar refractivity (Wildman–Crippen MR) is 145 cm³/mol. The SMILES string of the molecule is C[C@@H]1O[C@H]2O[C@@H]3[C@@H](C)O[C@@H](c4ccc5c(c4O)C(=O)c4ccc(CC(C)(O)CC(=O)O)c(O)c4C5=O)C[C@H]3O[C@H]2CC1=O. The number of rotatable bonds is 5. The zero-order chi connectivity index (χ0) is 31.0. The molecule has 12 nitrogen and oxygen atoms in total. The fraction of sp³-hybridized carbons (Fsp3) is 0.484. The van der Waals surface area contributed by atoms with E-state index in [0.717, 1.165) is 0 Å². The highest BCUT2D eigenvalue weighted by molar-refractivity contribution is 6.30. The van der Waals surface area contributed by atoms with Crippen molar-refractivity contribution in [2.24, 2.45) is 0 Å². The van der Waals surface area contributed by atoms with Gasteiger partial charge >= 0.3 is 5.97 Å². The molecule has 3 aliphatic heterocycles. The van der Waals surface area contributed by atoms with Crippen molar-refractivity contribution in [1.29, 1.82) is 0 Å². The van der Waals surface area contributed by atoms with Gasteiger partial charge < -0.3 is 39.4 Å². The molecule has 0 bridgehead atoms. The Balaban J connectivity index is 1.28. The Morgan fingerprint density at radius 3 is 2.23 bits per heavy atom. The van der Waals surface area contributed by atoms with Gasteiger partial charge in [-0.25, -0.2) is 0 Å². The van der Waals surface area contributed by atoms with E-state index in [4.69, 9.17) is 24.1 Å². The number of aromatic hydroxyl groups is 2. The van der Waals surface area contributed by atoms with Crippen molar-refractivity contribution in [1.82, 2.24) is 0 Å². The van der Waals surface area contributed by atoms with Crippen LogP contribution in [0.2, 0.25) is 0 Å². The van der Waals surface area contributed by atoms with Crippen LogP contribution in [0.3, 0.4) is 0 Å². The van der Waals surface area contributed by atoms with E-state index in [0.29, 0.717) is 0 Å². The van der Waals surface area contributed by atoms with E-state index in [1.807, 2.05) is 0 Å². The van der Waals surface area contributed by atoms with Gasteiger partial charge in [0.2, 0.25) is 0 Å². The first-order valence-corrected chi connectivity index (χ1v) is 14.1. The Morgan fingerprint density at radius 2 is 1.56 bits per heavy atom. The lowest BCUT2D eigenvalue weighted by molar-refractivity contribution is -0.347. The van der Waals surface area contributed by atoms with Gasteiger partial charge in [0.05, 0.1) is 41.5 Å². The summed E-state index contributed by atoms with van der Waals surface area (Å²) < 4.78 is 24.2. The summed E-state index contributed by atoms with van der Waals surface area (Å²) in [5.41, 5.74) is -2.09. The molecule has 4 N–H and O–H groups in total. The van der Waals surface area contributed by atoms with E-state index in [1.165, 1.54) is 31.2 Å². The zero-order valence-corrected chi connectivity index (χ0v) is 23.7. The van der Waals surface area contributed by atoms with Crippen LogP contribution in [0, 0.1) is 0 Å². The van der Waals surface area contributed by atoms with Crippen LogP contribution in [-0.4, -0.2) is 86.2 Å². The molecule has 12 heteroatoms. The van der Waals surface area contributed by atoms with Gasteiger partial charge in [0.1, 0.15) is 29.8 Å². The molecule has 3 fully saturated rings. The van der Waals surface area contributed by atoms with Gasteiger partial charge in [-0.2, -0.15) is 0 Å². The average Bonchev–Trinajstić information content (AvgIpc) is 2.91. The molecular weight excluding hydrogens is 564 g/mol. The quantitative estimate of drug-likeness (QED) is 0.337. The Labute approximate surface area is 246 Å². The first kappa shape index (κ1) is 29.4. The number of phenols is 2. The largest absolute Gasteiger partial charge is 0.507 e. The number of ether oxygens (including phenoxy) is 4. The molecule has 8 atom stereocenters. The molecule has 0 saturated carbocycles. The average molecular weight is 597 g/mol. The molecule has 0 spiro atoms. The van der Waals surface area contributed by atoms with E-state index in [1.54, 1.807) is 13.8 Å². The van der Waals surface area contributed by atoms with Crippen molar-refractivity contribution < 1.29 is 58.6 Å². The Morgan fingerprint density at radius 1 is 0.907 bits per heavy atom. The minimum Gasteiger partial charge on any atom is -0.507 e. The number of fused-ring (bicyclic) bond motifs is 4. The summed E-state index contributed by atoms with van der Waals surface area (Å²) in [5, 5.41) is 41.9. The Kier molecular flexibility index (Phi) is 7.17. The molecule has 0 radical (unpaired) electrons. The first-order valence-electron chi connectivity index (χ1n) is 14.1. The van der Waals surface area contributed by atoms with Crippen LogP contribution in [0.25, 0.3) is 0 Å². The molecule has 0 aromatic heterocycles. The smallest absolute Gasteiger partial charge is 0.306 e. The molecule has 3 heterocycles. The van der Waals surface area contributed by atoms with Crippen molar-refractivity contribution in [3.8, 4) is 11.5 Å². The van der Waals surface area contributed by atoms with Crippen LogP contribution < -0.4 is 0 Å². The summed E-state index contributed by atoms with van der Waals surface area (Å²) in [7, 11) is 0. The van der Waals surface area contributed by atoms with Gasteiger partial charge in [-0.3, -0.25) is 19.2 Å². The summed E-state index contributed by atoms with van der Waals surface area (Å²) in [4.78, 5) is 50.5. The van der Waals surface area contributed by atoms with E-state index >= 15 is 0 Å². The van der Waals surface area contributed by atoms with E-state index in [9.17, 15) is 34.5 Å². The second-order valence-corrected chi connectivity index (χ2v) is 12.0. The number of ketones is 3. The first-order chi connectivity index (χ1) is 20.3. The number of aliphatic hydroxyl groups is 1. The topological polar surface area (TPSA) is 186 Å². The van der Waals surface area contributed by atoms with Crippen LogP contribution in [0.5, 0.6) is 11.5 Å². The lowest BCUT2D eigenvalue weighted by Gasteiger charge is -2.49. The summed E-state index contributed by atoms with van der Waals surface area (Å²) in [6.45, 7) is 4.75. The molecule has 3 saturated heterocycles. The standard InChI is InChI=1S/C31H32O12/c1-12-18(32)8-21-30(41-12)43-29-13(2)40-19(9-20(29)42-21)15-6-7-17-24(26(15)36)28(38)16-5-4-14(25(35)23(16)27(17)37)10-31(3,39)11-22(33)34/h4-7,12-13,19-21,29-30,35-36,39H,8-11H2,1-3H3,(H,33,34)/t12-,13+,19+,20+,21-,29+,30-,31?/m0/s1. The second-order valence-electron chi connectivity index (χ2n) is 12.0. The predicted octanol–water partition coefficient (Wildman–Crippen LogP) is 2.35. The molecule has 1 unspecified atom stereocenters. The highest BCUT2D eigenvalue weighted by Crippen LogP contribution is 2.46. The zero-order valence-electron chi connectivity index (χ0n) is 23.7. The van der Waals surface area contributed by atoms with E-state index < -0.39 is 84.0 Å². The maximum absolute atomic E-state index is 13.6. The number of carboxylic acids is 1. The maximum Gasteiger partial charge on any atom is 0.306 e. The fourth-order valence-corrected chi connectivity index (χ4v) is 6.56. The fourth-order valence-electron chi connectivity index (χ4n) is 6.56. The van der Waals surface area contributed by atoms with Crippen molar-refractivity contribution in [2.75, 3.05) is 0 Å². The van der Waals surface area contributed by atoms with Crippen molar-refractivity contribution in [3.63, 3.8) is 0 Å². The van der Waals surface area contributed by atoms with Gasteiger partial charge in [-0.15, -0.1) is 0 Å². The molecule has 0 amide bonds. The van der Waals surface area contributed by atoms with Gasteiger partial charge in [-0.1, -0.05) is 12.1 Å². The minimum atomic E-state index is -1.72. The molecule has 43 heavy (non-hydrogen) atoms. The summed E-state index contributed by atoms with van der Waals surface area (Å²) in [6, 6.07) is 5.55. The molecule has 1 aliphatic carbocycles. The van der Waals surface area contributed by atoms with Gasteiger partial charge in [-0.05, 0) is 38.5 Å². The lowest BCUT2D eigenvalue weighted by atomic mass is 9.79. The Hall–Kier alpha value is -3.68. The third kappa shape index (κ3) is 5.02. The van der Waals surface area contributed by atoms with Crippen LogP contribution in [0.1, 0.15) is 89.1 Å². The summed E-state index contributed by atoms with van der Waals surface area (Å²) in [5.74, 6) is -3.66. The highest BCUT2D eigenvalue weighted by atomic mass is 16.7. The molecule has 4 aliphatic rings. The van der Waals surface area contributed by atoms with E-state index in [-0.39, 0.29) is 58.4 Å². The number of carbonyl (C=O) groups is 4. The van der Waals surface area contributed by atoms with Crippen LogP contribution in [0.4, 0.5) is 0 Å². The summed E-state index contributed by atoms with van der Waals surface area (Å²) in [6.07, 6.45) is -4.53. The molecule has 228 valence electrons. The summed E-state index contributed by atoms with van der Waals surface area (Å²) >= 11 is 0. The number of hydrogen-bond acceptors (Lipinski definition) is 11. The lowest BCUT2D eigenvalue weighted by Crippen LogP contribution is -2.60. The van der Waals surface area contributed by atoms with Crippen molar-refractivity contribution in [2.45, 2.75) is 95.0 Å². The highest BCUT2D eigenvalue weighted by Gasteiger charge is 2.50. The van der Waals surface area contributed by atoms with Crippen LogP contribution >= 0.6 is 0 Å². The number of Topliss-reactive ketones (excluding diaryl/α,β-unsaturated/α-hetero) is 1. The Bertz CT molecular complexity index is 1540. The van der Waals surface area contributed by atoms with Crippen LogP contribution in [-0.2, 0) is 35.0 Å². The third-order valence-corrected chi connectivity index (χ3v) is 8.66. The van der Waals surface area contributed by atoms with Crippen molar-refractivity contribution >= 4 is 23.3 Å². The van der Waals surface area contributed by atoms with E-state index in [2.05, 4.69) is 0 Å². The monoisotopic (exact) mass is 596 g/mol. The number of benzene rings is 2.